The van der Waals surface area contributed by atoms with Crippen molar-refractivity contribution in [2.75, 3.05) is 26.4 Å². The van der Waals surface area contributed by atoms with E-state index in [9.17, 15) is 38.1 Å². The van der Waals surface area contributed by atoms with Crippen LogP contribution >= 0.6 is 7.82 Å². The molecular formula is C45H88AsO14P. The van der Waals surface area contributed by atoms with Crippen molar-refractivity contribution in [3.63, 3.8) is 0 Å². The summed E-state index contributed by atoms with van der Waals surface area (Å²) in [5, 5.41) is 30.9. The van der Waals surface area contributed by atoms with Gasteiger partial charge in [-0.15, -0.1) is 0 Å². The summed E-state index contributed by atoms with van der Waals surface area (Å²) in [5.74, 6) is -0.988. The molecule has 16 heteroatoms. The second-order valence-corrected chi connectivity index (χ2v) is 26.4. The van der Waals surface area contributed by atoms with Crippen molar-refractivity contribution in [2.24, 2.45) is 0 Å². The third kappa shape index (κ3) is 33.4. The van der Waals surface area contributed by atoms with Crippen LogP contribution in [0.3, 0.4) is 0 Å². The van der Waals surface area contributed by atoms with E-state index < -0.39 is 89.9 Å². The first-order valence-corrected chi connectivity index (χ1v) is 31.3. The minimum atomic E-state index is -4.79. The molecule has 0 saturated carbocycles. The van der Waals surface area contributed by atoms with Crippen LogP contribution in [-0.4, -0.2) is 109 Å². The Bertz CT molecular complexity index is 1190. The molecule has 4 N–H and O–H groups in total. The van der Waals surface area contributed by atoms with E-state index >= 15 is 0 Å². The standard InChI is InChI=1S/C45H88AsO14P/c1-5-7-9-11-13-15-17-19-21-23-25-27-29-31-41(48)55-36-39(59-42(49)32-30-28-26-24-22-20-18-16-14-12-10-8-6-2)37-58-61(53,54)57-35-38(47)34-56-45-44(51)43(50)40(60-45)33-46(3,4)52/h38-40,43-45,47,50-51H,5-37H2,1-4H3,(H,53,54). The number of ether oxygens (including phenoxy) is 4. The number of phosphoric acid groups is 1. The number of unbranched alkanes of at least 4 members (excludes halogenated alkanes) is 24. The van der Waals surface area contributed by atoms with Gasteiger partial charge in [0.1, 0.15) is 6.61 Å². The average molecular weight is 959 g/mol. The molecule has 7 atom stereocenters. The monoisotopic (exact) mass is 959 g/mol. The van der Waals surface area contributed by atoms with Gasteiger partial charge in [-0.1, -0.05) is 168 Å². The van der Waals surface area contributed by atoms with Gasteiger partial charge < -0.3 is 9.47 Å². The van der Waals surface area contributed by atoms with Crippen LogP contribution in [0.5, 0.6) is 0 Å². The van der Waals surface area contributed by atoms with Crippen LogP contribution in [-0.2, 0) is 45.9 Å². The van der Waals surface area contributed by atoms with Crippen molar-refractivity contribution in [3.8, 4) is 0 Å². The zero-order valence-corrected chi connectivity index (χ0v) is 41.3. The molecule has 61 heavy (non-hydrogen) atoms. The van der Waals surface area contributed by atoms with Gasteiger partial charge in [-0.3, -0.25) is 9.59 Å². The molecule has 7 unspecified atom stereocenters. The zero-order valence-electron chi connectivity index (χ0n) is 38.6. The van der Waals surface area contributed by atoms with Gasteiger partial charge >= 0.3 is 147 Å². The molecule has 1 fully saturated rings. The summed E-state index contributed by atoms with van der Waals surface area (Å²) in [7, 11) is -4.79. The fraction of sp³-hybridized carbons (Fsp3) is 0.956. The maximum atomic E-state index is 12.8. The van der Waals surface area contributed by atoms with Crippen molar-refractivity contribution in [3.05, 3.63) is 0 Å². The molecule has 14 nitrogen and oxygen atoms in total. The van der Waals surface area contributed by atoms with Gasteiger partial charge in [0.2, 0.25) is 0 Å². The third-order valence-corrected chi connectivity index (χ3v) is 14.5. The summed E-state index contributed by atoms with van der Waals surface area (Å²) < 4.78 is 56.7. The number of esters is 2. The summed E-state index contributed by atoms with van der Waals surface area (Å²) in [6.45, 7) is 2.31. The molecule has 1 heterocycles. The molecule has 0 aliphatic carbocycles. The van der Waals surface area contributed by atoms with Crippen LogP contribution < -0.4 is 0 Å². The number of carbonyl (C=O) groups excluding carboxylic acids is 2. The first-order chi connectivity index (χ1) is 29.2. The summed E-state index contributed by atoms with van der Waals surface area (Å²) >= 11 is -3.21. The van der Waals surface area contributed by atoms with E-state index in [2.05, 4.69) is 13.8 Å². The fourth-order valence-corrected chi connectivity index (χ4v) is 10.5. The molecule has 0 radical (unpaired) electrons. The topological polar surface area (TPSA) is 205 Å². The van der Waals surface area contributed by atoms with Gasteiger partial charge in [0.05, 0.1) is 0 Å². The Morgan fingerprint density at radius 3 is 1.46 bits per heavy atom. The first kappa shape index (κ1) is 58.2. The minimum Gasteiger partial charge on any atom is -0.456 e. The number of phosphoric ester groups is 1. The SMILES string of the molecule is CCCCCCCCCCCCCCCC(=O)OCC(COP(=O)(O)OCC(O)COC1OC(C[As](C)(C)=O)C(O)C1O)OC(=O)CCCCCCCCCCCCCCC. The Balaban J connectivity index is 2.48. The maximum Gasteiger partial charge on any atom is 0.306 e. The number of hydrogen-bond acceptors (Lipinski definition) is 13. The third-order valence-electron chi connectivity index (χ3n) is 10.9. The van der Waals surface area contributed by atoms with Gasteiger partial charge in [0, 0.05) is 12.8 Å². The Kier molecular flexibility index (Phi) is 34.8. The van der Waals surface area contributed by atoms with Crippen LogP contribution in [0.2, 0.25) is 16.6 Å². The number of aliphatic hydroxyl groups excluding tert-OH is 3. The van der Waals surface area contributed by atoms with E-state index in [0.29, 0.717) is 12.8 Å². The van der Waals surface area contributed by atoms with Crippen LogP contribution in [0.15, 0.2) is 0 Å². The van der Waals surface area contributed by atoms with E-state index in [0.717, 1.165) is 38.5 Å². The predicted octanol–water partition coefficient (Wildman–Crippen LogP) is 10.00. The van der Waals surface area contributed by atoms with Crippen molar-refractivity contribution in [1.82, 2.24) is 0 Å². The van der Waals surface area contributed by atoms with Crippen molar-refractivity contribution >= 4 is 33.3 Å². The van der Waals surface area contributed by atoms with Crippen LogP contribution in [0.1, 0.15) is 194 Å². The smallest absolute Gasteiger partial charge is 0.306 e. The molecule has 0 spiro atoms. The molecule has 362 valence electrons. The molecule has 1 rings (SSSR count). The molecule has 0 amide bonds. The average Bonchev–Trinajstić information content (AvgIpc) is 3.47. The van der Waals surface area contributed by atoms with Gasteiger partial charge in [0.15, 0.2) is 6.10 Å². The second-order valence-electron chi connectivity index (χ2n) is 17.6. The minimum absolute atomic E-state index is 0.0848. The summed E-state index contributed by atoms with van der Waals surface area (Å²) in [6.07, 6.45) is 23.4. The van der Waals surface area contributed by atoms with Crippen LogP contribution in [0.25, 0.3) is 0 Å². The number of carbonyl (C=O) groups is 2. The van der Waals surface area contributed by atoms with E-state index in [4.69, 9.17) is 28.0 Å². The summed E-state index contributed by atoms with van der Waals surface area (Å²) in [4.78, 5) is 35.7. The first-order valence-electron chi connectivity index (χ1n) is 24.0. The molecular weight excluding hydrogens is 870 g/mol. The molecule has 1 aliphatic rings. The van der Waals surface area contributed by atoms with Gasteiger partial charge in [0.25, 0.3) is 0 Å². The zero-order chi connectivity index (χ0) is 45.2. The summed E-state index contributed by atoms with van der Waals surface area (Å²) in [5.41, 5.74) is 3.18. The molecule has 0 bridgehead atoms. The maximum absolute atomic E-state index is 12.8. The quantitative estimate of drug-likeness (QED) is 0.0195. The predicted molar refractivity (Wildman–Crippen MR) is 239 cm³/mol. The van der Waals surface area contributed by atoms with E-state index in [-0.39, 0.29) is 24.7 Å². The Morgan fingerprint density at radius 1 is 0.607 bits per heavy atom. The van der Waals surface area contributed by atoms with E-state index in [1.165, 1.54) is 116 Å². The van der Waals surface area contributed by atoms with Gasteiger partial charge in [-0.2, -0.15) is 0 Å². The Hall–Kier alpha value is -0.792. The summed E-state index contributed by atoms with van der Waals surface area (Å²) in [6, 6.07) is 0. The normalized spacial score (nSPS) is 20.1. The Labute approximate surface area is 371 Å². The van der Waals surface area contributed by atoms with Crippen molar-refractivity contribution in [1.29, 1.82) is 0 Å². The van der Waals surface area contributed by atoms with Gasteiger partial charge in [-0.25, -0.2) is 0 Å². The molecule has 0 aromatic rings. The van der Waals surface area contributed by atoms with E-state index in [1.54, 1.807) is 11.4 Å². The van der Waals surface area contributed by atoms with Crippen molar-refractivity contribution in [2.45, 2.75) is 247 Å². The fourth-order valence-electron chi connectivity index (χ4n) is 7.28. The molecule has 0 aromatic carbocycles. The van der Waals surface area contributed by atoms with E-state index in [1.807, 2.05) is 0 Å². The number of hydrogen-bond donors (Lipinski definition) is 4. The van der Waals surface area contributed by atoms with Crippen LogP contribution in [0.4, 0.5) is 0 Å². The Morgan fingerprint density at radius 2 is 1.02 bits per heavy atom. The molecule has 0 aromatic heterocycles. The number of aliphatic hydroxyl groups is 3. The molecule has 1 aliphatic heterocycles. The largest absolute Gasteiger partial charge is 0.456 e. The molecule has 1 saturated heterocycles. The van der Waals surface area contributed by atoms with Crippen LogP contribution in [0, 0.1) is 0 Å². The van der Waals surface area contributed by atoms with Crippen molar-refractivity contribution < 1.29 is 66.1 Å². The second kappa shape index (κ2) is 36.4. The number of rotatable bonds is 42. The van der Waals surface area contributed by atoms with Gasteiger partial charge in [-0.05, 0) is 12.8 Å².